The second-order valence-electron chi connectivity index (χ2n) is 6.18. The van der Waals surface area contributed by atoms with Gasteiger partial charge in [-0.15, -0.1) is 0 Å². The first-order chi connectivity index (χ1) is 11.0. The first-order valence-corrected chi connectivity index (χ1v) is 8.27. The number of likely N-dealkylation sites (N-methyl/N-ethyl adjacent to an activating group) is 1. The molecule has 1 aliphatic rings. The number of carboxylic acids is 1. The minimum Gasteiger partial charge on any atom is -0.481 e. The Labute approximate surface area is 136 Å². The average molecular weight is 321 g/mol. The molecule has 1 aromatic rings. The summed E-state index contributed by atoms with van der Waals surface area (Å²) in [4.78, 5) is 25.6. The van der Waals surface area contributed by atoms with Crippen LogP contribution in [0.5, 0.6) is 0 Å². The van der Waals surface area contributed by atoms with Crippen LogP contribution in [0.15, 0.2) is 24.3 Å². The summed E-state index contributed by atoms with van der Waals surface area (Å²) in [5, 5.41) is 8.88. The van der Waals surface area contributed by atoms with Crippen LogP contribution in [0, 0.1) is 5.82 Å². The maximum Gasteiger partial charge on any atom is 0.305 e. The fourth-order valence-electron chi connectivity index (χ4n) is 3.50. The van der Waals surface area contributed by atoms with E-state index in [1.54, 1.807) is 11.0 Å². The number of halogens is 1. The van der Waals surface area contributed by atoms with Crippen LogP contribution >= 0.6 is 0 Å². The van der Waals surface area contributed by atoms with Gasteiger partial charge < -0.3 is 10.0 Å². The molecule has 126 valence electrons. The summed E-state index contributed by atoms with van der Waals surface area (Å²) in [6.07, 6.45) is 4.25. The highest BCUT2D eigenvalue weighted by Gasteiger charge is 2.43. The zero-order chi connectivity index (χ0) is 16.9. The lowest BCUT2D eigenvalue weighted by atomic mass is 9.68. The van der Waals surface area contributed by atoms with Crippen molar-refractivity contribution in [2.75, 3.05) is 13.1 Å². The third kappa shape index (κ3) is 3.89. The van der Waals surface area contributed by atoms with Gasteiger partial charge in [0.2, 0.25) is 5.91 Å². The van der Waals surface area contributed by atoms with Crippen molar-refractivity contribution >= 4 is 11.9 Å². The van der Waals surface area contributed by atoms with E-state index < -0.39 is 11.4 Å². The molecule has 0 heterocycles. The van der Waals surface area contributed by atoms with Gasteiger partial charge in [-0.3, -0.25) is 9.59 Å². The molecule has 1 saturated carbocycles. The smallest absolute Gasteiger partial charge is 0.305 e. The molecular formula is C18H24FNO3. The standard InChI is InChI=1S/C18H24FNO3/c1-2-20(12-9-16(21)22)17(23)18(10-4-3-5-11-18)14-7-6-8-15(19)13-14/h6-8,13H,2-5,9-12H2,1H3,(H,21,22). The highest BCUT2D eigenvalue weighted by molar-refractivity contribution is 5.88. The largest absolute Gasteiger partial charge is 0.481 e. The van der Waals surface area contributed by atoms with Crippen LogP contribution < -0.4 is 0 Å². The quantitative estimate of drug-likeness (QED) is 0.874. The van der Waals surface area contributed by atoms with Crippen LogP contribution in [-0.2, 0) is 15.0 Å². The van der Waals surface area contributed by atoms with Gasteiger partial charge in [0.25, 0.3) is 0 Å². The first kappa shape index (κ1) is 17.4. The average Bonchev–Trinajstić information content (AvgIpc) is 2.55. The zero-order valence-electron chi connectivity index (χ0n) is 13.6. The van der Waals surface area contributed by atoms with Gasteiger partial charge in [-0.2, -0.15) is 0 Å². The Morgan fingerprint density at radius 3 is 2.52 bits per heavy atom. The molecule has 0 spiro atoms. The number of rotatable bonds is 6. The number of carbonyl (C=O) groups excluding carboxylic acids is 1. The van der Waals surface area contributed by atoms with Gasteiger partial charge in [-0.1, -0.05) is 31.4 Å². The normalized spacial score (nSPS) is 16.8. The molecule has 0 atom stereocenters. The molecule has 1 aromatic carbocycles. The zero-order valence-corrected chi connectivity index (χ0v) is 13.6. The molecule has 0 aliphatic heterocycles. The van der Waals surface area contributed by atoms with Crippen LogP contribution in [0.3, 0.4) is 0 Å². The molecule has 0 aromatic heterocycles. The van der Waals surface area contributed by atoms with E-state index in [1.165, 1.54) is 12.1 Å². The lowest BCUT2D eigenvalue weighted by molar-refractivity contribution is -0.141. The van der Waals surface area contributed by atoms with Crippen molar-refractivity contribution in [3.63, 3.8) is 0 Å². The summed E-state index contributed by atoms with van der Waals surface area (Å²) in [7, 11) is 0. The van der Waals surface area contributed by atoms with E-state index in [4.69, 9.17) is 5.11 Å². The molecule has 1 aliphatic carbocycles. The molecule has 2 rings (SSSR count). The third-order valence-electron chi connectivity index (χ3n) is 4.76. The minimum absolute atomic E-state index is 0.0634. The molecule has 0 unspecified atom stereocenters. The van der Waals surface area contributed by atoms with Gasteiger partial charge in [0, 0.05) is 13.1 Å². The fraction of sp³-hybridized carbons (Fsp3) is 0.556. The lowest BCUT2D eigenvalue weighted by Gasteiger charge is -2.40. The number of amides is 1. The number of benzene rings is 1. The van der Waals surface area contributed by atoms with E-state index in [1.807, 2.05) is 13.0 Å². The van der Waals surface area contributed by atoms with E-state index in [0.29, 0.717) is 19.4 Å². The second-order valence-corrected chi connectivity index (χ2v) is 6.18. The van der Waals surface area contributed by atoms with Gasteiger partial charge in [0.15, 0.2) is 0 Å². The van der Waals surface area contributed by atoms with Crippen LogP contribution in [-0.4, -0.2) is 35.0 Å². The molecule has 1 amide bonds. The van der Waals surface area contributed by atoms with E-state index >= 15 is 0 Å². The molecule has 0 saturated heterocycles. The van der Waals surface area contributed by atoms with E-state index in [2.05, 4.69) is 0 Å². The minimum atomic E-state index is -0.917. The van der Waals surface area contributed by atoms with E-state index in [-0.39, 0.29) is 24.7 Å². The van der Waals surface area contributed by atoms with Gasteiger partial charge in [0.1, 0.15) is 5.82 Å². The summed E-state index contributed by atoms with van der Waals surface area (Å²) < 4.78 is 13.7. The highest BCUT2D eigenvalue weighted by atomic mass is 19.1. The van der Waals surface area contributed by atoms with Crippen molar-refractivity contribution in [2.45, 2.75) is 50.9 Å². The Kier molecular flexibility index (Phi) is 5.74. The Balaban J connectivity index is 2.33. The van der Waals surface area contributed by atoms with Crippen molar-refractivity contribution in [3.05, 3.63) is 35.6 Å². The molecule has 4 nitrogen and oxygen atoms in total. The fourth-order valence-corrected chi connectivity index (χ4v) is 3.50. The van der Waals surface area contributed by atoms with Crippen LogP contribution in [0.4, 0.5) is 4.39 Å². The monoisotopic (exact) mass is 321 g/mol. The lowest BCUT2D eigenvalue weighted by Crippen LogP contribution is -2.48. The van der Waals surface area contributed by atoms with E-state index in [9.17, 15) is 14.0 Å². The van der Waals surface area contributed by atoms with Gasteiger partial charge in [-0.05, 0) is 37.5 Å². The SMILES string of the molecule is CCN(CCC(=O)O)C(=O)C1(c2cccc(F)c2)CCCCC1. The van der Waals surface area contributed by atoms with Crippen molar-refractivity contribution < 1.29 is 19.1 Å². The molecule has 23 heavy (non-hydrogen) atoms. The van der Waals surface area contributed by atoms with Crippen molar-refractivity contribution in [1.29, 1.82) is 0 Å². The molecule has 5 heteroatoms. The van der Waals surface area contributed by atoms with E-state index in [0.717, 1.165) is 24.8 Å². The van der Waals surface area contributed by atoms with Gasteiger partial charge in [-0.25, -0.2) is 4.39 Å². The summed E-state index contributed by atoms with van der Waals surface area (Å²) in [5.74, 6) is -1.32. The Morgan fingerprint density at radius 2 is 1.96 bits per heavy atom. The summed E-state index contributed by atoms with van der Waals surface area (Å²) in [6.45, 7) is 2.51. The maximum atomic E-state index is 13.7. The maximum absolute atomic E-state index is 13.7. The number of nitrogens with zero attached hydrogens (tertiary/aromatic N) is 1. The van der Waals surface area contributed by atoms with Crippen LogP contribution in [0.1, 0.15) is 51.0 Å². The Morgan fingerprint density at radius 1 is 1.26 bits per heavy atom. The summed E-state index contributed by atoms with van der Waals surface area (Å²) in [6, 6.07) is 6.29. The topological polar surface area (TPSA) is 57.6 Å². The first-order valence-electron chi connectivity index (χ1n) is 8.27. The Bertz CT molecular complexity index is 567. The number of carbonyl (C=O) groups is 2. The number of hydrogen-bond donors (Lipinski definition) is 1. The summed E-state index contributed by atoms with van der Waals surface area (Å²) >= 11 is 0. The number of carboxylic acid groups (broad SMARTS) is 1. The van der Waals surface area contributed by atoms with Crippen LogP contribution in [0.2, 0.25) is 0 Å². The Hall–Kier alpha value is -1.91. The summed E-state index contributed by atoms with van der Waals surface area (Å²) in [5.41, 5.74) is 0.00507. The van der Waals surface area contributed by atoms with Crippen LogP contribution in [0.25, 0.3) is 0 Å². The molecule has 0 bridgehead atoms. The molecule has 0 radical (unpaired) electrons. The van der Waals surface area contributed by atoms with Crippen molar-refractivity contribution in [2.24, 2.45) is 0 Å². The molecule has 1 fully saturated rings. The van der Waals surface area contributed by atoms with Crippen molar-refractivity contribution in [1.82, 2.24) is 4.90 Å². The van der Waals surface area contributed by atoms with Gasteiger partial charge in [0.05, 0.1) is 11.8 Å². The van der Waals surface area contributed by atoms with Crippen molar-refractivity contribution in [3.8, 4) is 0 Å². The highest BCUT2D eigenvalue weighted by Crippen LogP contribution is 2.41. The third-order valence-corrected chi connectivity index (χ3v) is 4.76. The molecular weight excluding hydrogens is 297 g/mol. The predicted molar refractivity (Wildman–Crippen MR) is 85.7 cm³/mol. The molecule has 1 N–H and O–H groups in total. The predicted octanol–water partition coefficient (Wildman–Crippen LogP) is 3.35. The number of aliphatic carboxylic acids is 1. The number of hydrogen-bond acceptors (Lipinski definition) is 2. The van der Waals surface area contributed by atoms with Gasteiger partial charge >= 0.3 is 5.97 Å². The second kappa shape index (κ2) is 7.57.